The van der Waals surface area contributed by atoms with Gasteiger partial charge in [0.25, 0.3) is 0 Å². The van der Waals surface area contributed by atoms with Gasteiger partial charge in [0.1, 0.15) is 5.82 Å². The lowest BCUT2D eigenvalue weighted by Gasteiger charge is -2.22. The average molecular weight is 374 g/mol. The van der Waals surface area contributed by atoms with Gasteiger partial charge in [-0.2, -0.15) is 0 Å². The molecule has 0 amide bonds. The van der Waals surface area contributed by atoms with Crippen molar-refractivity contribution in [2.45, 2.75) is 18.9 Å². The first kappa shape index (κ1) is 18.8. The molecule has 1 aromatic heterocycles. The van der Waals surface area contributed by atoms with Crippen LogP contribution >= 0.6 is 23.2 Å². The lowest BCUT2D eigenvalue weighted by atomic mass is 10.2. The predicted octanol–water partition coefficient (Wildman–Crippen LogP) is 2.24. The molecule has 0 aliphatic heterocycles. The number of hydrogen-bond donors (Lipinski definition) is 2. The van der Waals surface area contributed by atoms with Gasteiger partial charge in [-0.1, -0.05) is 0 Å². The Labute approximate surface area is 150 Å². The summed E-state index contributed by atoms with van der Waals surface area (Å²) in [7, 11) is 1.85. The minimum atomic E-state index is -1.03. The molecule has 24 heavy (non-hydrogen) atoms. The van der Waals surface area contributed by atoms with E-state index in [2.05, 4.69) is 9.88 Å². The topological polar surface area (TPSA) is 78.6 Å². The van der Waals surface area contributed by atoms with Crippen molar-refractivity contribution in [3.63, 3.8) is 0 Å². The molecular weight excluding hydrogens is 353 g/mol. The second-order valence-electron chi connectivity index (χ2n) is 5.58. The highest BCUT2D eigenvalue weighted by Gasteiger charge is 2.16. The van der Waals surface area contributed by atoms with Crippen molar-refractivity contribution < 1.29 is 15.0 Å². The Balaban J connectivity index is 2.28. The van der Waals surface area contributed by atoms with Crippen LogP contribution in [0.1, 0.15) is 12.2 Å². The van der Waals surface area contributed by atoms with E-state index in [1.54, 1.807) is 0 Å². The highest BCUT2D eigenvalue weighted by atomic mass is 35.5. The van der Waals surface area contributed by atoms with Crippen molar-refractivity contribution in [1.29, 1.82) is 0 Å². The zero-order valence-corrected chi connectivity index (χ0v) is 15.0. The molecule has 1 unspecified atom stereocenters. The lowest BCUT2D eigenvalue weighted by molar-refractivity contribution is -0.139. The number of fused-ring (bicyclic) bond motifs is 1. The van der Waals surface area contributed by atoms with Crippen LogP contribution in [0.3, 0.4) is 0 Å². The Bertz CT molecular complexity index is 699. The second kappa shape index (κ2) is 8.55. The third-order valence-electron chi connectivity index (χ3n) is 3.86. The van der Waals surface area contributed by atoms with Crippen LogP contribution in [0.15, 0.2) is 18.2 Å². The number of imidazole rings is 1. The molecule has 6 nitrogen and oxygen atoms in total. The van der Waals surface area contributed by atoms with Crippen molar-refractivity contribution >= 4 is 45.9 Å². The fraction of sp³-hybridized carbons (Fsp3) is 0.500. The van der Waals surface area contributed by atoms with Crippen LogP contribution < -0.4 is 4.90 Å². The van der Waals surface area contributed by atoms with Gasteiger partial charge in [-0.15, -0.1) is 23.2 Å². The van der Waals surface area contributed by atoms with Gasteiger partial charge in [0, 0.05) is 44.0 Å². The van der Waals surface area contributed by atoms with Gasteiger partial charge in [-0.3, -0.25) is 4.79 Å². The molecule has 0 saturated heterocycles. The number of benzene rings is 1. The molecule has 2 rings (SSSR count). The molecule has 1 aromatic carbocycles. The number of halogens is 2. The van der Waals surface area contributed by atoms with E-state index in [4.69, 9.17) is 28.3 Å². The van der Waals surface area contributed by atoms with Gasteiger partial charge in [-0.25, -0.2) is 4.98 Å². The summed E-state index contributed by atoms with van der Waals surface area (Å²) in [6.07, 6.45) is -1.06. The van der Waals surface area contributed by atoms with Crippen LogP contribution in [0.5, 0.6) is 0 Å². The van der Waals surface area contributed by atoms with Crippen LogP contribution in [-0.2, 0) is 18.3 Å². The molecule has 1 atom stereocenters. The summed E-state index contributed by atoms with van der Waals surface area (Å²) in [6.45, 7) is 1.38. The first-order valence-electron chi connectivity index (χ1n) is 7.68. The lowest BCUT2D eigenvalue weighted by Crippen LogP contribution is -2.27. The van der Waals surface area contributed by atoms with E-state index in [1.807, 2.05) is 29.8 Å². The maximum atomic E-state index is 10.7. The van der Waals surface area contributed by atoms with E-state index in [9.17, 15) is 9.90 Å². The monoisotopic (exact) mass is 373 g/mol. The van der Waals surface area contributed by atoms with Crippen LogP contribution in [0, 0.1) is 0 Å². The van der Waals surface area contributed by atoms with E-state index >= 15 is 0 Å². The number of carboxylic acids is 1. The number of carboxylic acid groups (broad SMARTS) is 1. The number of aliphatic hydroxyl groups is 1. The quantitative estimate of drug-likeness (QED) is 0.659. The summed E-state index contributed by atoms with van der Waals surface area (Å²) in [4.78, 5) is 17.3. The van der Waals surface area contributed by atoms with Crippen LogP contribution in [-0.4, -0.2) is 56.7 Å². The molecule has 132 valence electrons. The van der Waals surface area contributed by atoms with Crippen molar-refractivity contribution in [2.75, 3.05) is 29.7 Å². The summed E-state index contributed by atoms with van der Waals surface area (Å²) in [5.74, 6) is 0.631. The minimum Gasteiger partial charge on any atom is -0.481 e. The number of hydrogen-bond acceptors (Lipinski definition) is 4. The minimum absolute atomic E-state index is 0.194. The first-order valence-corrected chi connectivity index (χ1v) is 8.75. The molecule has 0 aliphatic rings. The Kier molecular flexibility index (Phi) is 6.71. The van der Waals surface area contributed by atoms with E-state index in [0.717, 1.165) is 16.7 Å². The molecule has 0 radical (unpaired) electrons. The number of aliphatic hydroxyl groups excluding tert-OH is 1. The number of nitrogens with zero attached hydrogens (tertiary/aromatic N) is 3. The number of aliphatic carboxylic acids is 1. The molecule has 2 N–H and O–H groups in total. The Morgan fingerprint density at radius 1 is 1.33 bits per heavy atom. The molecule has 0 saturated carbocycles. The molecule has 2 aromatic rings. The average Bonchev–Trinajstić information content (AvgIpc) is 2.82. The standard InChI is InChI=1S/C16H21Cl2N3O3/c1-20-14-3-2-11(21(6-4-17)7-5-18)8-13(14)19-15(20)9-12(22)10-16(23)24/h2-3,8,12,22H,4-7,9-10H2,1H3,(H,23,24). The van der Waals surface area contributed by atoms with Gasteiger partial charge in [0.2, 0.25) is 0 Å². The Morgan fingerprint density at radius 2 is 2.00 bits per heavy atom. The van der Waals surface area contributed by atoms with Gasteiger partial charge < -0.3 is 19.7 Å². The number of aryl methyl sites for hydroxylation is 1. The second-order valence-corrected chi connectivity index (χ2v) is 6.34. The van der Waals surface area contributed by atoms with Gasteiger partial charge in [0.05, 0.1) is 23.6 Å². The van der Waals surface area contributed by atoms with Crippen LogP contribution in [0.25, 0.3) is 11.0 Å². The summed E-state index contributed by atoms with van der Waals surface area (Å²) in [6, 6.07) is 5.91. The smallest absolute Gasteiger partial charge is 0.305 e. The molecule has 0 fully saturated rings. The van der Waals surface area contributed by atoms with E-state index < -0.39 is 12.1 Å². The van der Waals surface area contributed by atoms with Crippen molar-refractivity contribution in [3.05, 3.63) is 24.0 Å². The SMILES string of the molecule is Cn1c(CC(O)CC(=O)O)nc2cc(N(CCCl)CCCl)ccc21. The van der Waals surface area contributed by atoms with Crippen molar-refractivity contribution in [3.8, 4) is 0 Å². The molecule has 8 heteroatoms. The maximum absolute atomic E-state index is 10.7. The van der Waals surface area contributed by atoms with Crippen molar-refractivity contribution in [2.24, 2.45) is 7.05 Å². The number of aromatic nitrogens is 2. The van der Waals surface area contributed by atoms with Crippen LogP contribution in [0.4, 0.5) is 5.69 Å². The van der Waals surface area contributed by atoms with E-state index in [-0.39, 0.29) is 12.8 Å². The predicted molar refractivity (Wildman–Crippen MR) is 96.3 cm³/mol. The molecule has 0 aliphatic carbocycles. The largest absolute Gasteiger partial charge is 0.481 e. The van der Waals surface area contributed by atoms with E-state index in [1.165, 1.54) is 0 Å². The first-order chi connectivity index (χ1) is 11.5. The zero-order chi connectivity index (χ0) is 17.7. The highest BCUT2D eigenvalue weighted by Crippen LogP contribution is 2.23. The fourth-order valence-corrected chi connectivity index (χ4v) is 3.08. The maximum Gasteiger partial charge on any atom is 0.305 e. The van der Waals surface area contributed by atoms with Gasteiger partial charge in [-0.05, 0) is 18.2 Å². The molecule has 1 heterocycles. The fourth-order valence-electron chi connectivity index (χ4n) is 2.68. The van der Waals surface area contributed by atoms with Gasteiger partial charge in [0.15, 0.2) is 0 Å². The third-order valence-corrected chi connectivity index (χ3v) is 4.20. The summed E-state index contributed by atoms with van der Waals surface area (Å²) in [5, 5.41) is 18.6. The number of alkyl halides is 2. The summed E-state index contributed by atoms with van der Waals surface area (Å²) < 4.78 is 1.87. The number of carbonyl (C=O) groups is 1. The molecule has 0 spiro atoms. The Morgan fingerprint density at radius 3 is 2.58 bits per heavy atom. The normalized spacial score (nSPS) is 12.5. The van der Waals surface area contributed by atoms with Gasteiger partial charge >= 0.3 is 5.97 Å². The van der Waals surface area contributed by atoms with Crippen molar-refractivity contribution in [1.82, 2.24) is 9.55 Å². The molecular formula is C16H21Cl2N3O3. The number of anilines is 1. The third kappa shape index (κ3) is 4.53. The Hall–Kier alpha value is -1.50. The number of rotatable bonds is 9. The van der Waals surface area contributed by atoms with Crippen LogP contribution in [0.2, 0.25) is 0 Å². The highest BCUT2D eigenvalue weighted by molar-refractivity contribution is 6.18. The summed E-state index contributed by atoms with van der Waals surface area (Å²) in [5.41, 5.74) is 2.70. The zero-order valence-electron chi connectivity index (χ0n) is 13.5. The summed E-state index contributed by atoms with van der Waals surface area (Å²) >= 11 is 11.7. The molecule has 0 bridgehead atoms. The van der Waals surface area contributed by atoms with E-state index in [0.29, 0.717) is 30.7 Å².